The summed E-state index contributed by atoms with van der Waals surface area (Å²) in [4.78, 5) is 0. The average Bonchev–Trinajstić information content (AvgIpc) is 3.19. The van der Waals surface area contributed by atoms with Crippen molar-refractivity contribution in [3.8, 4) is 0 Å². The van der Waals surface area contributed by atoms with E-state index in [0.29, 0.717) is 0 Å². The van der Waals surface area contributed by atoms with Gasteiger partial charge in [-0.1, -0.05) is 34.1 Å². The van der Waals surface area contributed by atoms with Gasteiger partial charge >= 0.3 is 0 Å². The Balaban J connectivity index is 1.87. The summed E-state index contributed by atoms with van der Waals surface area (Å²) < 4.78 is 1.26. The zero-order valence-corrected chi connectivity index (χ0v) is 13.4. The Kier molecular flexibility index (Phi) is 6.06. The minimum Gasteiger partial charge on any atom is -0.314 e. The molecule has 3 heteroatoms. The van der Waals surface area contributed by atoms with Crippen molar-refractivity contribution in [3.05, 3.63) is 34.3 Å². The molecule has 0 amide bonds. The molecule has 1 aromatic carbocycles. The number of nitrogens with one attached hydrogen (secondary N) is 1. The van der Waals surface area contributed by atoms with Gasteiger partial charge in [-0.2, -0.15) is 11.8 Å². The predicted molar refractivity (Wildman–Crippen MR) is 85.4 cm³/mol. The van der Waals surface area contributed by atoms with Crippen LogP contribution in [0.25, 0.3) is 0 Å². The Morgan fingerprint density at radius 1 is 1.39 bits per heavy atom. The molecule has 100 valence electrons. The first kappa shape index (κ1) is 14.4. The van der Waals surface area contributed by atoms with Gasteiger partial charge in [0, 0.05) is 10.5 Å². The highest BCUT2D eigenvalue weighted by Gasteiger charge is 2.22. The second-order valence-corrected chi connectivity index (χ2v) is 6.97. The first-order valence-corrected chi connectivity index (χ1v) is 8.94. The lowest BCUT2D eigenvalue weighted by atomic mass is 9.97. The van der Waals surface area contributed by atoms with E-state index in [1.807, 2.05) is 11.8 Å². The van der Waals surface area contributed by atoms with E-state index in [2.05, 4.69) is 51.8 Å². The van der Waals surface area contributed by atoms with Crippen molar-refractivity contribution in [1.82, 2.24) is 5.32 Å². The Hall–Kier alpha value is 0.01000. The molecule has 1 aliphatic carbocycles. The molecule has 2 rings (SSSR count). The molecule has 0 radical (unpaired) electrons. The Labute approximate surface area is 123 Å². The third-order valence-electron chi connectivity index (χ3n) is 3.47. The van der Waals surface area contributed by atoms with Crippen LogP contribution in [-0.2, 0) is 6.42 Å². The molecule has 0 aromatic heterocycles. The van der Waals surface area contributed by atoms with Gasteiger partial charge in [0.15, 0.2) is 0 Å². The lowest BCUT2D eigenvalue weighted by molar-refractivity contribution is 0.461. The molecule has 1 aliphatic rings. The summed E-state index contributed by atoms with van der Waals surface area (Å²) in [7, 11) is 0. The number of benzene rings is 1. The molecule has 18 heavy (non-hydrogen) atoms. The minimum absolute atomic E-state index is 0.761. The van der Waals surface area contributed by atoms with Gasteiger partial charge < -0.3 is 5.32 Å². The predicted octanol–water partition coefficient (Wildman–Crippen LogP) is 4.11. The van der Waals surface area contributed by atoms with Crippen LogP contribution in [0.4, 0.5) is 0 Å². The second-order valence-electron chi connectivity index (χ2n) is 5.13. The molecule has 1 unspecified atom stereocenters. The molecule has 1 saturated carbocycles. The maximum atomic E-state index is 3.68. The number of hydrogen-bond acceptors (Lipinski definition) is 2. The van der Waals surface area contributed by atoms with E-state index >= 15 is 0 Å². The minimum atomic E-state index is 0.761. The first-order valence-electron chi connectivity index (χ1n) is 6.75. The Bertz CT molecular complexity index is 365. The lowest BCUT2D eigenvalue weighted by Crippen LogP contribution is -2.26. The van der Waals surface area contributed by atoms with Crippen LogP contribution < -0.4 is 5.32 Å². The van der Waals surface area contributed by atoms with Crippen molar-refractivity contribution in [2.24, 2.45) is 5.92 Å². The number of rotatable bonds is 8. The molecular weight excluding hydrogens is 306 g/mol. The van der Waals surface area contributed by atoms with Crippen molar-refractivity contribution in [2.75, 3.05) is 18.6 Å². The fourth-order valence-corrected chi connectivity index (χ4v) is 3.17. The fraction of sp³-hybridized carbons (Fsp3) is 0.600. The molecular formula is C15H22BrNS. The van der Waals surface area contributed by atoms with Crippen molar-refractivity contribution in [3.63, 3.8) is 0 Å². The standard InChI is InChI=1S/C15H22BrNS/c1-18-9-8-12(11-17-14-6-7-14)10-13-4-2-3-5-15(13)16/h2-5,12,14,17H,6-11H2,1H3. The average molecular weight is 328 g/mol. The van der Waals surface area contributed by atoms with Crippen LogP contribution >= 0.6 is 27.7 Å². The molecule has 1 nitrogen and oxygen atoms in total. The highest BCUT2D eigenvalue weighted by Crippen LogP contribution is 2.23. The first-order chi connectivity index (χ1) is 8.79. The molecule has 0 spiro atoms. The van der Waals surface area contributed by atoms with Gasteiger partial charge in [-0.15, -0.1) is 0 Å². The van der Waals surface area contributed by atoms with Gasteiger partial charge in [-0.25, -0.2) is 0 Å². The van der Waals surface area contributed by atoms with Gasteiger partial charge in [-0.3, -0.25) is 0 Å². The Morgan fingerprint density at radius 3 is 2.83 bits per heavy atom. The topological polar surface area (TPSA) is 12.0 Å². The van der Waals surface area contributed by atoms with Crippen LogP contribution in [0.15, 0.2) is 28.7 Å². The maximum absolute atomic E-state index is 3.68. The van der Waals surface area contributed by atoms with E-state index in [9.17, 15) is 0 Å². The van der Waals surface area contributed by atoms with Crippen molar-refractivity contribution in [2.45, 2.75) is 31.7 Å². The highest BCUT2D eigenvalue weighted by atomic mass is 79.9. The van der Waals surface area contributed by atoms with Gasteiger partial charge in [0.2, 0.25) is 0 Å². The van der Waals surface area contributed by atoms with Crippen LogP contribution in [0.2, 0.25) is 0 Å². The largest absolute Gasteiger partial charge is 0.314 e. The van der Waals surface area contributed by atoms with Crippen LogP contribution in [-0.4, -0.2) is 24.6 Å². The number of hydrogen-bond donors (Lipinski definition) is 1. The summed E-state index contributed by atoms with van der Waals surface area (Å²) in [6.45, 7) is 1.17. The van der Waals surface area contributed by atoms with Gasteiger partial charge in [0.05, 0.1) is 0 Å². The summed E-state index contributed by atoms with van der Waals surface area (Å²) in [6, 6.07) is 9.44. The van der Waals surface area contributed by atoms with Crippen molar-refractivity contribution < 1.29 is 0 Å². The van der Waals surface area contributed by atoms with Crippen molar-refractivity contribution in [1.29, 1.82) is 0 Å². The fourth-order valence-electron chi connectivity index (χ4n) is 2.16. The molecule has 1 aromatic rings. The molecule has 0 heterocycles. The normalized spacial score (nSPS) is 16.8. The molecule has 1 atom stereocenters. The number of thioether (sulfide) groups is 1. The van der Waals surface area contributed by atoms with Crippen LogP contribution in [0, 0.1) is 5.92 Å². The number of halogens is 1. The molecule has 1 fully saturated rings. The van der Waals surface area contributed by atoms with E-state index in [4.69, 9.17) is 0 Å². The quantitative estimate of drug-likeness (QED) is 0.771. The summed E-state index contributed by atoms with van der Waals surface area (Å²) in [6.07, 6.45) is 7.45. The molecule has 0 bridgehead atoms. The third-order valence-corrected chi connectivity index (χ3v) is 4.89. The zero-order chi connectivity index (χ0) is 12.8. The van der Waals surface area contributed by atoms with Gasteiger partial charge in [0.25, 0.3) is 0 Å². The van der Waals surface area contributed by atoms with Crippen LogP contribution in [0.1, 0.15) is 24.8 Å². The summed E-state index contributed by atoms with van der Waals surface area (Å²) in [5.74, 6) is 2.03. The van der Waals surface area contributed by atoms with Gasteiger partial charge in [0.1, 0.15) is 0 Å². The maximum Gasteiger partial charge on any atom is 0.0207 e. The van der Waals surface area contributed by atoms with E-state index < -0.39 is 0 Å². The van der Waals surface area contributed by atoms with Crippen LogP contribution in [0.5, 0.6) is 0 Å². The molecule has 0 aliphatic heterocycles. The Morgan fingerprint density at radius 2 is 2.17 bits per heavy atom. The smallest absolute Gasteiger partial charge is 0.0207 e. The van der Waals surface area contributed by atoms with Gasteiger partial charge in [-0.05, 0) is 61.8 Å². The van der Waals surface area contributed by atoms with E-state index in [0.717, 1.165) is 12.0 Å². The SMILES string of the molecule is CSCCC(CNC1CC1)Cc1ccccc1Br. The summed E-state index contributed by atoms with van der Waals surface area (Å²) >= 11 is 5.61. The van der Waals surface area contributed by atoms with Crippen LogP contribution in [0.3, 0.4) is 0 Å². The summed E-state index contributed by atoms with van der Waals surface area (Å²) in [5.41, 5.74) is 1.45. The zero-order valence-electron chi connectivity index (χ0n) is 11.0. The summed E-state index contributed by atoms with van der Waals surface area (Å²) in [5, 5.41) is 3.68. The van der Waals surface area contributed by atoms with E-state index in [1.165, 1.54) is 48.0 Å². The molecule has 0 saturated heterocycles. The third kappa shape index (κ3) is 4.94. The van der Waals surface area contributed by atoms with E-state index in [-0.39, 0.29) is 0 Å². The molecule has 1 N–H and O–H groups in total. The highest BCUT2D eigenvalue weighted by molar-refractivity contribution is 9.10. The van der Waals surface area contributed by atoms with E-state index in [1.54, 1.807) is 0 Å². The monoisotopic (exact) mass is 327 g/mol. The lowest BCUT2D eigenvalue weighted by Gasteiger charge is -2.18. The second kappa shape index (κ2) is 7.56. The van der Waals surface area contributed by atoms with Crippen molar-refractivity contribution >= 4 is 27.7 Å².